The van der Waals surface area contributed by atoms with Gasteiger partial charge in [-0.05, 0) is 36.4 Å². The minimum atomic E-state index is -0.258. The lowest BCUT2D eigenvalue weighted by Crippen LogP contribution is -2.24. The summed E-state index contributed by atoms with van der Waals surface area (Å²) < 4.78 is 0. The molecular formula is C21H15NO. The lowest BCUT2D eigenvalue weighted by Gasteiger charge is -2.20. The fourth-order valence-electron chi connectivity index (χ4n) is 2.24. The summed E-state index contributed by atoms with van der Waals surface area (Å²) in [7, 11) is 0. The van der Waals surface area contributed by atoms with Crippen LogP contribution < -0.4 is 4.90 Å². The largest absolute Gasteiger partial charge is 0.307 e. The molecule has 2 heteroatoms. The van der Waals surface area contributed by atoms with Crippen molar-refractivity contribution in [3.05, 3.63) is 96.6 Å². The number of anilines is 2. The third kappa shape index (κ3) is 3.66. The average molecular weight is 297 g/mol. The summed E-state index contributed by atoms with van der Waals surface area (Å²) in [5.74, 6) is 5.40. The molecule has 110 valence electrons. The third-order valence-electron chi connectivity index (χ3n) is 3.32. The predicted octanol–water partition coefficient (Wildman–Crippen LogP) is 4.40. The molecule has 0 aliphatic rings. The van der Waals surface area contributed by atoms with Gasteiger partial charge in [0.25, 0.3) is 0 Å². The fourth-order valence-corrected chi connectivity index (χ4v) is 2.24. The molecule has 0 fully saturated rings. The number of carbonyl (C=O) groups excluding carboxylic acids is 1. The number of carbonyl (C=O) groups is 1. The number of hydrogen-bond donors (Lipinski definition) is 0. The topological polar surface area (TPSA) is 20.3 Å². The first kappa shape index (κ1) is 14.6. The van der Waals surface area contributed by atoms with Crippen LogP contribution in [0.2, 0.25) is 0 Å². The van der Waals surface area contributed by atoms with Crippen molar-refractivity contribution < 1.29 is 4.79 Å². The van der Waals surface area contributed by atoms with Crippen molar-refractivity contribution in [3.63, 3.8) is 0 Å². The molecular weight excluding hydrogens is 282 g/mol. The fraction of sp³-hybridized carbons (Fsp3) is 0. The maximum absolute atomic E-state index is 12.7. The van der Waals surface area contributed by atoms with Crippen LogP contribution in [-0.4, -0.2) is 5.91 Å². The van der Waals surface area contributed by atoms with Crippen molar-refractivity contribution in [1.82, 2.24) is 0 Å². The summed E-state index contributed by atoms with van der Waals surface area (Å²) in [5, 5.41) is 0. The number of rotatable bonds is 2. The maximum Gasteiger partial charge on any atom is 0.307 e. The summed E-state index contributed by atoms with van der Waals surface area (Å²) in [6.07, 6.45) is 0. The van der Waals surface area contributed by atoms with E-state index in [9.17, 15) is 4.79 Å². The molecule has 0 saturated carbocycles. The Morgan fingerprint density at radius 1 is 0.652 bits per heavy atom. The molecule has 0 heterocycles. The van der Waals surface area contributed by atoms with Gasteiger partial charge in [0.05, 0.1) is 0 Å². The van der Waals surface area contributed by atoms with Crippen LogP contribution in [0.4, 0.5) is 11.4 Å². The van der Waals surface area contributed by atoms with Gasteiger partial charge < -0.3 is 0 Å². The molecule has 0 spiro atoms. The van der Waals surface area contributed by atoms with Gasteiger partial charge in [0.15, 0.2) is 0 Å². The molecule has 0 unspecified atom stereocenters. The highest BCUT2D eigenvalue weighted by Crippen LogP contribution is 2.24. The van der Waals surface area contributed by atoms with Crippen LogP contribution in [0.5, 0.6) is 0 Å². The van der Waals surface area contributed by atoms with E-state index in [0.29, 0.717) is 0 Å². The summed E-state index contributed by atoms with van der Waals surface area (Å²) in [6.45, 7) is 0. The van der Waals surface area contributed by atoms with Crippen LogP contribution in [0.15, 0.2) is 91.0 Å². The Hall–Kier alpha value is -3.31. The highest BCUT2D eigenvalue weighted by atomic mass is 16.2. The van der Waals surface area contributed by atoms with E-state index in [2.05, 4.69) is 11.8 Å². The summed E-state index contributed by atoms with van der Waals surface area (Å²) >= 11 is 0. The maximum atomic E-state index is 12.7. The second-order valence-electron chi connectivity index (χ2n) is 4.93. The molecule has 1 amide bonds. The molecule has 3 aromatic rings. The van der Waals surface area contributed by atoms with E-state index in [0.717, 1.165) is 16.9 Å². The Labute approximate surface area is 136 Å². The van der Waals surface area contributed by atoms with Crippen molar-refractivity contribution >= 4 is 17.3 Å². The Balaban J connectivity index is 1.96. The molecule has 0 bridgehead atoms. The standard InChI is InChI=1S/C21H15NO/c23-21(17-16-18-10-4-1-5-11-18)22(19-12-6-2-7-13-19)20-14-8-3-9-15-20/h1-15H. The number of benzene rings is 3. The molecule has 0 saturated heterocycles. The van der Waals surface area contributed by atoms with E-state index in [4.69, 9.17) is 0 Å². The second-order valence-corrected chi connectivity index (χ2v) is 4.93. The smallest absolute Gasteiger partial charge is 0.270 e. The zero-order valence-corrected chi connectivity index (χ0v) is 12.5. The SMILES string of the molecule is O=C(C#Cc1ccccc1)N(c1ccccc1)c1ccccc1. The molecule has 2 nitrogen and oxygen atoms in total. The van der Waals surface area contributed by atoms with Crippen LogP contribution in [0.1, 0.15) is 5.56 Å². The van der Waals surface area contributed by atoms with Crippen LogP contribution >= 0.6 is 0 Å². The Morgan fingerprint density at radius 3 is 1.57 bits per heavy atom. The number of amides is 1. The summed E-state index contributed by atoms with van der Waals surface area (Å²) in [6, 6.07) is 28.6. The monoisotopic (exact) mass is 297 g/mol. The zero-order chi connectivity index (χ0) is 15.9. The first-order valence-electron chi connectivity index (χ1n) is 7.36. The quantitative estimate of drug-likeness (QED) is 0.642. The molecule has 0 radical (unpaired) electrons. The highest BCUT2D eigenvalue weighted by molar-refractivity contribution is 6.11. The van der Waals surface area contributed by atoms with E-state index >= 15 is 0 Å². The molecule has 3 rings (SSSR count). The number of nitrogens with zero attached hydrogens (tertiary/aromatic N) is 1. The number of hydrogen-bond acceptors (Lipinski definition) is 1. The highest BCUT2D eigenvalue weighted by Gasteiger charge is 2.15. The average Bonchev–Trinajstić information content (AvgIpc) is 2.63. The van der Waals surface area contributed by atoms with Crippen LogP contribution in [0, 0.1) is 11.8 Å². The van der Waals surface area contributed by atoms with Gasteiger partial charge in [0, 0.05) is 22.9 Å². The molecule has 0 aliphatic carbocycles. The van der Waals surface area contributed by atoms with Gasteiger partial charge in [-0.3, -0.25) is 9.69 Å². The van der Waals surface area contributed by atoms with E-state index in [-0.39, 0.29) is 5.91 Å². The van der Waals surface area contributed by atoms with E-state index < -0.39 is 0 Å². The molecule has 3 aromatic carbocycles. The minimum absolute atomic E-state index is 0.258. The third-order valence-corrected chi connectivity index (χ3v) is 3.32. The summed E-state index contributed by atoms with van der Waals surface area (Å²) in [5.41, 5.74) is 2.42. The van der Waals surface area contributed by atoms with Gasteiger partial charge in [-0.2, -0.15) is 0 Å². The Bertz CT molecular complexity index is 791. The number of para-hydroxylation sites is 2. The molecule has 0 aromatic heterocycles. The van der Waals surface area contributed by atoms with Crippen molar-refractivity contribution in [1.29, 1.82) is 0 Å². The first-order chi connectivity index (χ1) is 11.3. The van der Waals surface area contributed by atoms with Gasteiger partial charge in [-0.25, -0.2) is 0 Å². The van der Waals surface area contributed by atoms with Gasteiger partial charge in [-0.15, -0.1) is 0 Å². The second kappa shape index (κ2) is 7.11. The predicted molar refractivity (Wildman–Crippen MR) is 93.4 cm³/mol. The van der Waals surface area contributed by atoms with Gasteiger partial charge >= 0.3 is 5.91 Å². The lowest BCUT2D eigenvalue weighted by atomic mass is 10.2. The van der Waals surface area contributed by atoms with Gasteiger partial charge in [-0.1, -0.05) is 60.5 Å². The normalized spacial score (nSPS) is 9.57. The first-order valence-corrected chi connectivity index (χ1v) is 7.36. The van der Waals surface area contributed by atoms with Crippen LogP contribution in [0.3, 0.4) is 0 Å². The van der Waals surface area contributed by atoms with Crippen molar-refractivity contribution in [2.45, 2.75) is 0 Å². The van der Waals surface area contributed by atoms with Crippen LogP contribution in [-0.2, 0) is 4.79 Å². The molecule has 23 heavy (non-hydrogen) atoms. The van der Waals surface area contributed by atoms with E-state index in [1.165, 1.54) is 0 Å². The lowest BCUT2D eigenvalue weighted by molar-refractivity contribution is -0.112. The van der Waals surface area contributed by atoms with Crippen molar-refractivity contribution in [2.24, 2.45) is 0 Å². The zero-order valence-electron chi connectivity index (χ0n) is 12.5. The van der Waals surface area contributed by atoms with Gasteiger partial charge in [0.2, 0.25) is 0 Å². The summed E-state index contributed by atoms with van der Waals surface area (Å²) in [4.78, 5) is 14.3. The molecule has 0 atom stereocenters. The Kier molecular flexibility index (Phi) is 4.52. The van der Waals surface area contributed by atoms with Crippen LogP contribution in [0.25, 0.3) is 0 Å². The minimum Gasteiger partial charge on any atom is -0.270 e. The molecule has 0 N–H and O–H groups in total. The van der Waals surface area contributed by atoms with E-state index in [1.54, 1.807) is 4.90 Å². The Morgan fingerprint density at radius 2 is 1.09 bits per heavy atom. The molecule has 0 aliphatic heterocycles. The van der Waals surface area contributed by atoms with E-state index in [1.807, 2.05) is 91.0 Å². The van der Waals surface area contributed by atoms with Crippen molar-refractivity contribution in [3.8, 4) is 11.8 Å². The van der Waals surface area contributed by atoms with Gasteiger partial charge in [0.1, 0.15) is 0 Å². The van der Waals surface area contributed by atoms with Crippen molar-refractivity contribution in [2.75, 3.05) is 4.90 Å².